The van der Waals surface area contributed by atoms with Crippen LogP contribution in [0.5, 0.6) is 0 Å². The summed E-state index contributed by atoms with van der Waals surface area (Å²) in [5, 5.41) is 0. The lowest BCUT2D eigenvalue weighted by atomic mass is 10.1. The van der Waals surface area contributed by atoms with E-state index in [-0.39, 0.29) is 0 Å². The normalized spacial score (nSPS) is 12.7. The van der Waals surface area contributed by atoms with E-state index in [0.717, 1.165) is 28.9 Å². The first-order valence-corrected chi connectivity index (χ1v) is 9.97. The van der Waals surface area contributed by atoms with Crippen LogP contribution in [0.15, 0.2) is 91.0 Å². The van der Waals surface area contributed by atoms with Crippen molar-refractivity contribution in [1.82, 2.24) is 14.0 Å². The first-order chi connectivity index (χ1) is 14.4. The number of hydrogen-bond donors (Lipinski definition) is 0. The predicted molar refractivity (Wildman–Crippen MR) is 118 cm³/mol. The van der Waals surface area contributed by atoms with Crippen molar-refractivity contribution in [2.24, 2.45) is 0 Å². The third-order valence-corrected chi connectivity index (χ3v) is 6.15. The number of benzene rings is 4. The number of fused-ring (bicyclic) bond motifs is 8. The second-order valence-electron chi connectivity index (χ2n) is 7.74. The SMILES string of the molecule is c1ccc2c(c1)Cc1ccc(-n3c4ccccc4n4c5ccccc5nc34)cc1-2. The van der Waals surface area contributed by atoms with Gasteiger partial charge in [-0.2, -0.15) is 0 Å². The molecule has 3 nitrogen and oxygen atoms in total. The van der Waals surface area contributed by atoms with E-state index in [0.29, 0.717) is 0 Å². The number of nitrogens with zero attached hydrogens (tertiary/aromatic N) is 3. The van der Waals surface area contributed by atoms with Crippen LogP contribution in [0.25, 0.3) is 44.7 Å². The van der Waals surface area contributed by atoms with Gasteiger partial charge in [0, 0.05) is 5.69 Å². The third-order valence-electron chi connectivity index (χ3n) is 6.15. The lowest BCUT2D eigenvalue weighted by Crippen LogP contribution is -1.96. The molecular formula is C26H17N3. The van der Waals surface area contributed by atoms with E-state index in [9.17, 15) is 0 Å². The highest BCUT2D eigenvalue weighted by Crippen LogP contribution is 2.38. The third kappa shape index (κ3) is 1.94. The lowest BCUT2D eigenvalue weighted by Gasteiger charge is -2.08. The monoisotopic (exact) mass is 371 g/mol. The molecule has 3 heteroatoms. The Kier molecular flexibility index (Phi) is 2.79. The zero-order valence-corrected chi connectivity index (χ0v) is 15.7. The quantitative estimate of drug-likeness (QED) is 0.347. The van der Waals surface area contributed by atoms with E-state index in [1.54, 1.807) is 0 Å². The maximum Gasteiger partial charge on any atom is 0.220 e. The Bertz CT molecular complexity index is 1580. The van der Waals surface area contributed by atoms with Gasteiger partial charge in [0.05, 0.1) is 22.1 Å². The van der Waals surface area contributed by atoms with Gasteiger partial charge >= 0.3 is 0 Å². The zero-order valence-electron chi connectivity index (χ0n) is 15.7. The molecule has 0 saturated carbocycles. The maximum atomic E-state index is 4.99. The van der Waals surface area contributed by atoms with Gasteiger partial charge in [0.1, 0.15) is 0 Å². The number of para-hydroxylation sites is 4. The minimum absolute atomic E-state index is 0.957. The highest BCUT2D eigenvalue weighted by molar-refractivity contribution is 5.92. The molecule has 0 N–H and O–H groups in total. The van der Waals surface area contributed by atoms with Crippen LogP contribution in [-0.4, -0.2) is 14.0 Å². The topological polar surface area (TPSA) is 22.2 Å². The first kappa shape index (κ1) is 15.1. The molecule has 0 aliphatic heterocycles. The van der Waals surface area contributed by atoms with Crippen molar-refractivity contribution in [2.45, 2.75) is 6.42 Å². The van der Waals surface area contributed by atoms with Gasteiger partial charge in [-0.15, -0.1) is 0 Å². The minimum atomic E-state index is 0.957. The van der Waals surface area contributed by atoms with Crippen LogP contribution < -0.4 is 0 Å². The van der Waals surface area contributed by atoms with E-state index in [2.05, 4.69) is 93.9 Å². The highest BCUT2D eigenvalue weighted by atomic mass is 15.2. The van der Waals surface area contributed by atoms with Crippen LogP contribution in [0.2, 0.25) is 0 Å². The molecular weight excluding hydrogens is 354 g/mol. The smallest absolute Gasteiger partial charge is 0.220 e. The zero-order chi connectivity index (χ0) is 18.9. The molecule has 0 spiro atoms. The van der Waals surface area contributed by atoms with Crippen LogP contribution in [-0.2, 0) is 6.42 Å². The summed E-state index contributed by atoms with van der Waals surface area (Å²) in [7, 11) is 0. The van der Waals surface area contributed by atoms with Crippen molar-refractivity contribution >= 4 is 27.8 Å². The first-order valence-electron chi connectivity index (χ1n) is 9.97. The summed E-state index contributed by atoms with van der Waals surface area (Å²) in [6.07, 6.45) is 1.01. The van der Waals surface area contributed by atoms with Gasteiger partial charge < -0.3 is 0 Å². The molecule has 6 aromatic rings. The van der Waals surface area contributed by atoms with Gasteiger partial charge in [0.25, 0.3) is 0 Å². The molecule has 0 unspecified atom stereocenters. The summed E-state index contributed by atoms with van der Waals surface area (Å²) >= 11 is 0. The average Bonchev–Trinajstić information content (AvgIpc) is 3.41. The molecule has 0 bridgehead atoms. The molecule has 0 fully saturated rings. The number of imidazole rings is 2. The summed E-state index contributed by atoms with van der Waals surface area (Å²) in [4.78, 5) is 4.99. The Morgan fingerprint density at radius 2 is 1.34 bits per heavy atom. The van der Waals surface area contributed by atoms with Gasteiger partial charge in [-0.05, 0) is 65.1 Å². The fraction of sp³-hybridized carbons (Fsp3) is 0.0385. The molecule has 2 aromatic heterocycles. The molecule has 0 atom stereocenters. The lowest BCUT2D eigenvalue weighted by molar-refractivity contribution is 1.11. The van der Waals surface area contributed by atoms with E-state index < -0.39 is 0 Å². The van der Waals surface area contributed by atoms with Crippen LogP contribution in [0, 0.1) is 0 Å². The Morgan fingerprint density at radius 3 is 2.28 bits per heavy atom. The van der Waals surface area contributed by atoms with Crippen LogP contribution in [0.3, 0.4) is 0 Å². The molecule has 0 saturated heterocycles. The van der Waals surface area contributed by atoms with Crippen LogP contribution in [0.4, 0.5) is 0 Å². The van der Waals surface area contributed by atoms with Crippen molar-refractivity contribution in [3.63, 3.8) is 0 Å². The molecule has 2 heterocycles. The summed E-state index contributed by atoms with van der Waals surface area (Å²) < 4.78 is 4.56. The van der Waals surface area contributed by atoms with Gasteiger partial charge in [-0.1, -0.05) is 54.6 Å². The molecule has 0 radical (unpaired) electrons. The van der Waals surface area contributed by atoms with Crippen molar-refractivity contribution in [3.05, 3.63) is 102 Å². The molecule has 1 aliphatic carbocycles. The van der Waals surface area contributed by atoms with E-state index in [1.807, 2.05) is 6.07 Å². The molecule has 1 aliphatic rings. The predicted octanol–water partition coefficient (Wildman–Crippen LogP) is 6.00. The Labute approximate surface area is 167 Å². The van der Waals surface area contributed by atoms with Crippen molar-refractivity contribution < 1.29 is 0 Å². The van der Waals surface area contributed by atoms with Gasteiger partial charge in [0.15, 0.2) is 0 Å². The highest BCUT2D eigenvalue weighted by Gasteiger charge is 2.21. The summed E-state index contributed by atoms with van der Waals surface area (Å²) in [6.45, 7) is 0. The van der Waals surface area contributed by atoms with E-state index in [4.69, 9.17) is 4.98 Å². The number of hydrogen-bond acceptors (Lipinski definition) is 1. The Balaban J connectivity index is 1.59. The van der Waals surface area contributed by atoms with E-state index in [1.165, 1.54) is 33.3 Å². The summed E-state index contributed by atoms with van der Waals surface area (Å²) in [5.41, 5.74) is 11.2. The second kappa shape index (κ2) is 5.36. The van der Waals surface area contributed by atoms with Gasteiger partial charge in [-0.3, -0.25) is 8.97 Å². The van der Waals surface area contributed by atoms with Gasteiger partial charge in [0.2, 0.25) is 5.78 Å². The largest absolute Gasteiger partial charge is 0.278 e. The fourth-order valence-corrected chi connectivity index (χ4v) is 4.86. The number of rotatable bonds is 1. The van der Waals surface area contributed by atoms with Crippen LogP contribution in [0.1, 0.15) is 11.1 Å². The Morgan fingerprint density at radius 1 is 0.621 bits per heavy atom. The van der Waals surface area contributed by atoms with Crippen molar-refractivity contribution in [2.75, 3.05) is 0 Å². The molecule has 4 aromatic carbocycles. The molecule has 0 amide bonds. The standard InChI is InChI=1S/C26H17N3/c1-2-8-20-17(7-1)15-18-13-14-19(16-21(18)20)28-24-11-5-6-12-25(24)29-23-10-4-3-9-22(23)27-26(28)29/h1-14,16H,15H2. The fourth-order valence-electron chi connectivity index (χ4n) is 4.86. The summed E-state index contributed by atoms with van der Waals surface area (Å²) in [6, 6.07) is 32.5. The van der Waals surface area contributed by atoms with E-state index >= 15 is 0 Å². The van der Waals surface area contributed by atoms with Crippen molar-refractivity contribution in [3.8, 4) is 16.8 Å². The number of aromatic nitrogens is 3. The van der Waals surface area contributed by atoms with Crippen LogP contribution >= 0.6 is 0 Å². The molecule has 136 valence electrons. The van der Waals surface area contributed by atoms with Crippen molar-refractivity contribution in [1.29, 1.82) is 0 Å². The Hall–Kier alpha value is -3.85. The second-order valence-corrected chi connectivity index (χ2v) is 7.74. The average molecular weight is 371 g/mol. The molecule has 7 rings (SSSR count). The molecule has 29 heavy (non-hydrogen) atoms. The van der Waals surface area contributed by atoms with Gasteiger partial charge in [-0.25, -0.2) is 4.98 Å². The maximum absolute atomic E-state index is 4.99. The summed E-state index contributed by atoms with van der Waals surface area (Å²) in [5.74, 6) is 0.957. The minimum Gasteiger partial charge on any atom is -0.278 e.